The summed E-state index contributed by atoms with van der Waals surface area (Å²) in [6, 6.07) is 13.3. The van der Waals surface area contributed by atoms with Gasteiger partial charge in [0.15, 0.2) is 0 Å². The van der Waals surface area contributed by atoms with Gasteiger partial charge in [0.1, 0.15) is 0 Å². The summed E-state index contributed by atoms with van der Waals surface area (Å²) in [6.07, 6.45) is -3.41. The van der Waals surface area contributed by atoms with Crippen LogP contribution in [0.15, 0.2) is 54.6 Å². The maximum atomic E-state index is 12.5. The topological polar surface area (TPSA) is 78.4 Å². The highest BCUT2D eigenvalue weighted by molar-refractivity contribution is 6.39. The maximum Gasteiger partial charge on any atom is 0.416 e. The van der Waals surface area contributed by atoms with Gasteiger partial charge in [-0.25, -0.2) is 0 Å². The summed E-state index contributed by atoms with van der Waals surface area (Å²) < 4.78 is 37.6. The van der Waals surface area contributed by atoms with Crippen LogP contribution < -0.4 is 10.6 Å². The van der Waals surface area contributed by atoms with E-state index in [4.69, 9.17) is 0 Å². The van der Waals surface area contributed by atoms with Gasteiger partial charge in [-0.2, -0.15) is 13.2 Å². The molecule has 0 spiro atoms. The Kier molecular flexibility index (Phi) is 7.57. The molecule has 0 heterocycles. The van der Waals surface area contributed by atoms with Crippen molar-refractivity contribution in [3.05, 3.63) is 65.7 Å². The smallest absolute Gasteiger partial charge is 0.396 e. The van der Waals surface area contributed by atoms with Gasteiger partial charge in [0, 0.05) is 18.8 Å². The Hall–Kier alpha value is -2.87. The van der Waals surface area contributed by atoms with Crippen molar-refractivity contribution < 1.29 is 27.9 Å². The van der Waals surface area contributed by atoms with Crippen molar-refractivity contribution in [1.82, 2.24) is 5.32 Å². The second-order valence-electron chi connectivity index (χ2n) is 6.19. The van der Waals surface area contributed by atoms with E-state index in [-0.39, 0.29) is 24.8 Å². The lowest BCUT2D eigenvalue weighted by molar-refractivity contribution is -0.137. The zero-order chi connectivity index (χ0) is 20.6. The molecule has 150 valence electrons. The second kappa shape index (κ2) is 9.89. The molecular formula is C20H21F3N2O3. The molecule has 0 saturated heterocycles. The van der Waals surface area contributed by atoms with Crippen molar-refractivity contribution in [2.45, 2.75) is 24.9 Å². The van der Waals surface area contributed by atoms with Crippen LogP contribution in [-0.2, 0) is 15.8 Å². The van der Waals surface area contributed by atoms with Crippen LogP contribution in [0.4, 0.5) is 18.9 Å². The van der Waals surface area contributed by atoms with E-state index in [1.807, 2.05) is 30.3 Å². The maximum absolute atomic E-state index is 12.5. The lowest BCUT2D eigenvalue weighted by Crippen LogP contribution is -2.36. The molecule has 0 radical (unpaired) electrons. The average molecular weight is 394 g/mol. The number of halogens is 3. The standard InChI is InChI=1S/C20H21F3N2O3/c21-20(22,23)16-6-8-17(9-7-16)25-19(28)18(27)24-12-10-15(11-13-26)14-4-2-1-3-5-14/h1-9,15,26H,10-13H2,(H,24,27)(H,25,28). The molecule has 1 atom stereocenters. The minimum atomic E-state index is -4.47. The largest absolute Gasteiger partial charge is 0.416 e. The van der Waals surface area contributed by atoms with E-state index >= 15 is 0 Å². The lowest BCUT2D eigenvalue weighted by atomic mass is 9.93. The van der Waals surface area contributed by atoms with Gasteiger partial charge in [0.2, 0.25) is 0 Å². The Morgan fingerprint density at radius 2 is 1.57 bits per heavy atom. The zero-order valence-electron chi connectivity index (χ0n) is 15.0. The van der Waals surface area contributed by atoms with Crippen LogP contribution in [0.2, 0.25) is 0 Å². The minimum Gasteiger partial charge on any atom is -0.396 e. The third-order valence-electron chi connectivity index (χ3n) is 4.20. The number of hydrogen-bond donors (Lipinski definition) is 3. The molecule has 8 heteroatoms. The normalized spacial score (nSPS) is 12.3. The van der Waals surface area contributed by atoms with Crippen molar-refractivity contribution in [1.29, 1.82) is 0 Å². The van der Waals surface area contributed by atoms with E-state index in [1.165, 1.54) is 0 Å². The molecule has 0 fully saturated rings. The predicted octanol–water partition coefficient (Wildman–Crippen LogP) is 3.32. The van der Waals surface area contributed by atoms with Gasteiger partial charge >= 0.3 is 18.0 Å². The quantitative estimate of drug-likeness (QED) is 0.631. The molecule has 2 aromatic carbocycles. The van der Waals surface area contributed by atoms with Crippen molar-refractivity contribution in [2.24, 2.45) is 0 Å². The molecule has 2 amide bonds. The zero-order valence-corrected chi connectivity index (χ0v) is 15.0. The summed E-state index contributed by atoms with van der Waals surface area (Å²) >= 11 is 0. The molecule has 28 heavy (non-hydrogen) atoms. The molecular weight excluding hydrogens is 373 g/mol. The fourth-order valence-electron chi connectivity index (χ4n) is 2.73. The highest BCUT2D eigenvalue weighted by Crippen LogP contribution is 2.29. The summed E-state index contributed by atoms with van der Waals surface area (Å²) in [5, 5.41) is 13.9. The van der Waals surface area contributed by atoms with E-state index in [9.17, 15) is 27.9 Å². The average Bonchev–Trinajstić information content (AvgIpc) is 2.67. The first-order valence-corrected chi connectivity index (χ1v) is 8.73. The minimum absolute atomic E-state index is 0.00190. The van der Waals surface area contributed by atoms with Crippen molar-refractivity contribution in [3.8, 4) is 0 Å². The van der Waals surface area contributed by atoms with Crippen LogP contribution in [0.5, 0.6) is 0 Å². The first kappa shape index (κ1) is 21.4. The number of aliphatic hydroxyl groups excluding tert-OH is 1. The van der Waals surface area contributed by atoms with E-state index in [1.54, 1.807) is 0 Å². The Morgan fingerprint density at radius 1 is 0.929 bits per heavy atom. The van der Waals surface area contributed by atoms with Crippen molar-refractivity contribution >= 4 is 17.5 Å². The number of hydrogen-bond acceptors (Lipinski definition) is 3. The fraction of sp³-hybridized carbons (Fsp3) is 0.300. The second-order valence-corrected chi connectivity index (χ2v) is 6.19. The van der Waals surface area contributed by atoms with E-state index in [0.29, 0.717) is 12.8 Å². The molecule has 0 aromatic heterocycles. The lowest BCUT2D eigenvalue weighted by Gasteiger charge is -2.16. The Balaban J connectivity index is 1.84. The van der Waals surface area contributed by atoms with Crippen LogP contribution in [0.3, 0.4) is 0 Å². The molecule has 0 aliphatic carbocycles. The molecule has 2 rings (SSSR count). The number of carbonyl (C=O) groups is 2. The number of amides is 2. The molecule has 1 unspecified atom stereocenters. The number of aliphatic hydroxyl groups is 1. The van der Waals surface area contributed by atoms with E-state index in [0.717, 1.165) is 29.8 Å². The van der Waals surface area contributed by atoms with Gasteiger partial charge in [0.25, 0.3) is 0 Å². The summed E-state index contributed by atoms with van der Waals surface area (Å²) in [4.78, 5) is 23.8. The Labute approximate surface area is 160 Å². The fourth-order valence-corrected chi connectivity index (χ4v) is 2.73. The first-order chi connectivity index (χ1) is 13.3. The molecule has 3 N–H and O–H groups in total. The highest BCUT2D eigenvalue weighted by Gasteiger charge is 2.30. The molecule has 0 bridgehead atoms. The SMILES string of the molecule is O=C(NCCC(CCO)c1ccccc1)C(=O)Nc1ccc(C(F)(F)F)cc1. The molecule has 0 aliphatic heterocycles. The van der Waals surface area contributed by atoms with Crippen LogP contribution in [0, 0.1) is 0 Å². The van der Waals surface area contributed by atoms with Gasteiger partial charge in [-0.3, -0.25) is 9.59 Å². The number of benzene rings is 2. The van der Waals surface area contributed by atoms with Crippen molar-refractivity contribution in [2.75, 3.05) is 18.5 Å². The van der Waals surface area contributed by atoms with Crippen molar-refractivity contribution in [3.63, 3.8) is 0 Å². The molecule has 5 nitrogen and oxygen atoms in total. The van der Waals surface area contributed by atoms with Gasteiger partial charge in [0.05, 0.1) is 5.56 Å². The summed E-state index contributed by atoms with van der Waals surface area (Å²) in [6.45, 7) is 0.223. The molecule has 2 aromatic rings. The molecule has 0 saturated carbocycles. The monoisotopic (exact) mass is 394 g/mol. The van der Waals surface area contributed by atoms with Gasteiger partial charge < -0.3 is 15.7 Å². The summed E-state index contributed by atoms with van der Waals surface area (Å²) in [7, 11) is 0. The third kappa shape index (κ3) is 6.38. The van der Waals surface area contributed by atoms with Crippen LogP contribution in [0.25, 0.3) is 0 Å². The number of anilines is 1. The third-order valence-corrected chi connectivity index (χ3v) is 4.20. The molecule has 0 aliphatic rings. The predicted molar refractivity (Wildman–Crippen MR) is 98.6 cm³/mol. The van der Waals surface area contributed by atoms with E-state index in [2.05, 4.69) is 10.6 Å². The van der Waals surface area contributed by atoms with Crippen LogP contribution >= 0.6 is 0 Å². The van der Waals surface area contributed by atoms with Crippen LogP contribution in [-0.4, -0.2) is 30.1 Å². The number of alkyl halides is 3. The Morgan fingerprint density at radius 3 is 2.14 bits per heavy atom. The Bertz CT molecular complexity index is 778. The van der Waals surface area contributed by atoms with E-state index < -0.39 is 23.6 Å². The highest BCUT2D eigenvalue weighted by atomic mass is 19.4. The number of rotatable bonds is 7. The van der Waals surface area contributed by atoms with Gasteiger partial charge in [-0.15, -0.1) is 0 Å². The van der Waals surface area contributed by atoms with Gasteiger partial charge in [-0.1, -0.05) is 30.3 Å². The first-order valence-electron chi connectivity index (χ1n) is 8.73. The van der Waals surface area contributed by atoms with Gasteiger partial charge in [-0.05, 0) is 48.6 Å². The number of carbonyl (C=O) groups excluding carboxylic acids is 2. The summed E-state index contributed by atoms with van der Waals surface area (Å²) in [5.74, 6) is -1.81. The summed E-state index contributed by atoms with van der Waals surface area (Å²) in [5.41, 5.74) is 0.279. The van der Waals surface area contributed by atoms with Crippen LogP contribution in [0.1, 0.15) is 29.9 Å². The number of nitrogens with one attached hydrogen (secondary N) is 2.